The van der Waals surface area contributed by atoms with Gasteiger partial charge < -0.3 is 0 Å². The molecular formula is C9H8N2S. The number of pyridine rings is 1. The predicted octanol–water partition coefficient (Wildman–Crippen LogP) is 2.51. The molecule has 0 aliphatic rings. The Kier molecular flexibility index (Phi) is 1.87. The van der Waals surface area contributed by atoms with E-state index in [-0.39, 0.29) is 0 Å². The van der Waals surface area contributed by atoms with Gasteiger partial charge in [0, 0.05) is 12.4 Å². The molecule has 2 nitrogen and oxygen atoms in total. The lowest BCUT2D eigenvalue weighted by Crippen LogP contribution is -1.72. The molecule has 0 N–H and O–H groups in total. The second-order valence-electron chi connectivity index (χ2n) is 2.57. The van der Waals surface area contributed by atoms with Crippen LogP contribution >= 0.6 is 11.5 Å². The average molecular weight is 176 g/mol. The fourth-order valence-electron chi connectivity index (χ4n) is 1.02. The van der Waals surface area contributed by atoms with Gasteiger partial charge in [-0.1, -0.05) is 0 Å². The van der Waals surface area contributed by atoms with Gasteiger partial charge in [-0.15, -0.1) is 0 Å². The van der Waals surface area contributed by atoms with E-state index in [2.05, 4.69) is 15.4 Å². The van der Waals surface area contributed by atoms with Gasteiger partial charge in [0.05, 0.1) is 10.6 Å². The molecule has 0 aromatic carbocycles. The Balaban J connectivity index is 2.45. The van der Waals surface area contributed by atoms with Crippen molar-refractivity contribution in [2.75, 3.05) is 0 Å². The Morgan fingerprint density at radius 3 is 2.58 bits per heavy atom. The lowest BCUT2D eigenvalue weighted by Gasteiger charge is -1.91. The van der Waals surface area contributed by atoms with E-state index in [9.17, 15) is 0 Å². The zero-order valence-electron chi connectivity index (χ0n) is 6.69. The van der Waals surface area contributed by atoms with Crippen LogP contribution in [0.15, 0.2) is 30.6 Å². The summed E-state index contributed by atoms with van der Waals surface area (Å²) in [6, 6.07) is 6.07. The molecule has 12 heavy (non-hydrogen) atoms. The second kappa shape index (κ2) is 3.03. The van der Waals surface area contributed by atoms with Crippen LogP contribution in [0.4, 0.5) is 0 Å². The maximum Gasteiger partial charge on any atom is 0.0553 e. The lowest BCUT2D eigenvalue weighted by molar-refractivity contribution is 1.33. The number of nitrogens with zero attached hydrogens (tertiary/aromatic N) is 2. The van der Waals surface area contributed by atoms with Crippen LogP contribution in [-0.4, -0.2) is 9.36 Å². The van der Waals surface area contributed by atoms with Crippen LogP contribution in [0.3, 0.4) is 0 Å². The molecule has 3 heteroatoms. The zero-order chi connectivity index (χ0) is 8.39. The van der Waals surface area contributed by atoms with E-state index in [0.29, 0.717) is 0 Å². The first-order valence-electron chi connectivity index (χ1n) is 3.70. The molecule has 2 heterocycles. The summed E-state index contributed by atoms with van der Waals surface area (Å²) in [6.07, 6.45) is 3.59. The molecule has 0 aliphatic carbocycles. The number of aryl methyl sites for hydroxylation is 1. The molecular weight excluding hydrogens is 168 g/mol. The van der Waals surface area contributed by atoms with Crippen molar-refractivity contribution in [3.63, 3.8) is 0 Å². The van der Waals surface area contributed by atoms with Crippen molar-refractivity contribution in [2.45, 2.75) is 6.92 Å². The normalized spacial score (nSPS) is 10.1. The van der Waals surface area contributed by atoms with E-state index in [0.717, 1.165) is 5.69 Å². The van der Waals surface area contributed by atoms with Crippen molar-refractivity contribution >= 4 is 11.5 Å². The Hall–Kier alpha value is -1.22. The first kappa shape index (κ1) is 7.43. The number of hydrogen-bond donors (Lipinski definition) is 0. The van der Waals surface area contributed by atoms with Crippen LogP contribution in [0.5, 0.6) is 0 Å². The van der Waals surface area contributed by atoms with Crippen molar-refractivity contribution in [3.8, 4) is 10.4 Å². The van der Waals surface area contributed by atoms with Crippen molar-refractivity contribution < 1.29 is 0 Å². The van der Waals surface area contributed by atoms with E-state index < -0.39 is 0 Å². The first-order chi connectivity index (χ1) is 5.86. The maximum absolute atomic E-state index is 4.21. The van der Waals surface area contributed by atoms with Gasteiger partial charge in [0.1, 0.15) is 0 Å². The van der Waals surface area contributed by atoms with Gasteiger partial charge >= 0.3 is 0 Å². The topological polar surface area (TPSA) is 25.8 Å². The summed E-state index contributed by atoms with van der Waals surface area (Å²) in [5, 5.41) is 0. The summed E-state index contributed by atoms with van der Waals surface area (Å²) in [5.74, 6) is 0. The van der Waals surface area contributed by atoms with E-state index in [4.69, 9.17) is 0 Å². The van der Waals surface area contributed by atoms with Gasteiger partial charge in [-0.05, 0) is 42.2 Å². The Bertz CT molecular complexity index is 367. The molecule has 0 saturated carbocycles. The molecule has 0 aliphatic heterocycles. The average Bonchev–Trinajstić information content (AvgIpc) is 2.54. The maximum atomic E-state index is 4.21. The van der Waals surface area contributed by atoms with Crippen molar-refractivity contribution in [1.29, 1.82) is 0 Å². The Labute approximate surface area is 75.1 Å². The Morgan fingerprint density at radius 2 is 2.00 bits per heavy atom. The minimum absolute atomic E-state index is 1.08. The third-order valence-corrected chi connectivity index (χ3v) is 2.52. The largest absolute Gasteiger partial charge is 0.265 e. The van der Waals surface area contributed by atoms with Crippen LogP contribution in [0, 0.1) is 6.92 Å². The highest BCUT2D eigenvalue weighted by Gasteiger charge is 1.99. The van der Waals surface area contributed by atoms with Crippen LogP contribution in [-0.2, 0) is 0 Å². The van der Waals surface area contributed by atoms with Gasteiger partial charge in [-0.3, -0.25) is 4.98 Å². The van der Waals surface area contributed by atoms with Gasteiger partial charge in [0.25, 0.3) is 0 Å². The van der Waals surface area contributed by atoms with Crippen LogP contribution in [0.25, 0.3) is 10.4 Å². The summed E-state index contributed by atoms with van der Waals surface area (Å²) < 4.78 is 4.21. The summed E-state index contributed by atoms with van der Waals surface area (Å²) in [6.45, 7) is 2.00. The molecule has 2 rings (SSSR count). The van der Waals surface area contributed by atoms with E-state index in [1.165, 1.54) is 22.0 Å². The lowest BCUT2D eigenvalue weighted by atomic mass is 10.2. The summed E-state index contributed by atoms with van der Waals surface area (Å²) in [4.78, 5) is 5.17. The zero-order valence-corrected chi connectivity index (χ0v) is 7.51. The quantitative estimate of drug-likeness (QED) is 0.667. The van der Waals surface area contributed by atoms with Crippen LogP contribution < -0.4 is 0 Å². The molecule has 0 bridgehead atoms. The Morgan fingerprint density at radius 1 is 1.25 bits per heavy atom. The van der Waals surface area contributed by atoms with E-state index >= 15 is 0 Å². The van der Waals surface area contributed by atoms with E-state index in [1.54, 1.807) is 12.4 Å². The summed E-state index contributed by atoms with van der Waals surface area (Å²) in [5.41, 5.74) is 2.27. The molecule has 0 atom stereocenters. The molecule has 2 aromatic heterocycles. The van der Waals surface area contributed by atoms with Gasteiger partial charge in [0.2, 0.25) is 0 Å². The third kappa shape index (κ3) is 1.36. The van der Waals surface area contributed by atoms with Gasteiger partial charge in [-0.25, -0.2) is 0 Å². The highest BCUT2D eigenvalue weighted by Crippen LogP contribution is 2.23. The number of aromatic nitrogens is 2. The smallest absolute Gasteiger partial charge is 0.0553 e. The first-order valence-corrected chi connectivity index (χ1v) is 4.47. The summed E-state index contributed by atoms with van der Waals surface area (Å²) in [7, 11) is 0. The van der Waals surface area contributed by atoms with Crippen LogP contribution in [0.1, 0.15) is 5.69 Å². The number of rotatable bonds is 1. The molecule has 0 spiro atoms. The predicted molar refractivity (Wildman–Crippen MR) is 50.1 cm³/mol. The minimum Gasteiger partial charge on any atom is -0.265 e. The van der Waals surface area contributed by atoms with Gasteiger partial charge in [0.15, 0.2) is 0 Å². The van der Waals surface area contributed by atoms with Crippen molar-refractivity contribution in [1.82, 2.24) is 9.36 Å². The standard InChI is InChI=1S/C9H8N2S/c1-7-6-9(12-11-7)8-2-4-10-5-3-8/h2-6H,1H3. The highest BCUT2D eigenvalue weighted by atomic mass is 32.1. The fourth-order valence-corrected chi connectivity index (χ4v) is 1.78. The van der Waals surface area contributed by atoms with E-state index in [1.807, 2.05) is 19.1 Å². The van der Waals surface area contributed by atoms with Crippen molar-refractivity contribution in [2.24, 2.45) is 0 Å². The third-order valence-electron chi connectivity index (χ3n) is 1.59. The van der Waals surface area contributed by atoms with Crippen LogP contribution in [0.2, 0.25) is 0 Å². The fraction of sp³-hybridized carbons (Fsp3) is 0.111. The minimum atomic E-state index is 1.08. The van der Waals surface area contributed by atoms with Crippen molar-refractivity contribution in [3.05, 3.63) is 36.3 Å². The summed E-state index contributed by atoms with van der Waals surface area (Å²) >= 11 is 1.52. The van der Waals surface area contributed by atoms with Gasteiger partial charge in [-0.2, -0.15) is 4.37 Å². The highest BCUT2D eigenvalue weighted by molar-refractivity contribution is 7.09. The molecule has 0 saturated heterocycles. The number of hydrogen-bond acceptors (Lipinski definition) is 3. The molecule has 0 fully saturated rings. The SMILES string of the molecule is Cc1cc(-c2ccncc2)sn1. The molecule has 60 valence electrons. The molecule has 0 unspecified atom stereocenters. The molecule has 0 amide bonds. The second-order valence-corrected chi connectivity index (χ2v) is 3.37. The molecule has 2 aromatic rings. The monoisotopic (exact) mass is 176 g/mol. The molecule has 0 radical (unpaired) electrons.